The molecule has 1 fully saturated rings. The Bertz CT molecular complexity index is 394. The molecule has 5 heteroatoms. The van der Waals surface area contributed by atoms with Gasteiger partial charge in [0.2, 0.25) is 0 Å². The lowest BCUT2D eigenvalue weighted by molar-refractivity contribution is -0.00138. The van der Waals surface area contributed by atoms with Gasteiger partial charge in [0.25, 0.3) is 0 Å². The fraction of sp³-hybridized carbons (Fsp3) is 0.417. The van der Waals surface area contributed by atoms with Crippen LogP contribution in [0.5, 0.6) is 0 Å². The number of benzene rings is 1. The minimum absolute atomic E-state index is 0.0581. The molecule has 1 aromatic rings. The van der Waals surface area contributed by atoms with Crippen molar-refractivity contribution < 1.29 is 13.9 Å². The molecule has 0 spiro atoms. The van der Waals surface area contributed by atoms with Gasteiger partial charge in [-0.3, -0.25) is 0 Å². The van der Waals surface area contributed by atoms with Gasteiger partial charge in [0.1, 0.15) is 5.82 Å². The van der Waals surface area contributed by atoms with Crippen molar-refractivity contribution in [3.63, 3.8) is 0 Å². The van der Waals surface area contributed by atoms with Crippen LogP contribution in [0.25, 0.3) is 0 Å². The summed E-state index contributed by atoms with van der Waals surface area (Å²) in [5, 5.41) is 2.72. The molecule has 0 saturated carbocycles. The van der Waals surface area contributed by atoms with E-state index in [0.29, 0.717) is 25.4 Å². The van der Waals surface area contributed by atoms with E-state index in [1.807, 2.05) is 6.92 Å². The summed E-state index contributed by atoms with van der Waals surface area (Å²) in [4.78, 5) is 13.6. The maximum Gasteiger partial charge on any atom is 0.322 e. The van der Waals surface area contributed by atoms with Gasteiger partial charge in [-0.05, 0) is 31.2 Å². The molecule has 0 radical (unpaired) electrons. The number of hydrogen-bond donors (Lipinski definition) is 1. The van der Waals surface area contributed by atoms with Crippen molar-refractivity contribution >= 4 is 11.7 Å². The number of morpholine rings is 1. The molecule has 2 rings (SSSR count). The fourth-order valence-electron chi connectivity index (χ4n) is 1.74. The van der Waals surface area contributed by atoms with Crippen molar-refractivity contribution in [1.29, 1.82) is 0 Å². The molecule has 1 N–H and O–H groups in total. The highest BCUT2D eigenvalue weighted by atomic mass is 19.1. The lowest BCUT2D eigenvalue weighted by Gasteiger charge is -2.31. The zero-order valence-electron chi connectivity index (χ0n) is 9.65. The molecule has 1 aromatic carbocycles. The molecule has 2 amide bonds. The second kappa shape index (κ2) is 5.14. The van der Waals surface area contributed by atoms with Crippen LogP contribution in [0.4, 0.5) is 14.9 Å². The molecular formula is C12H15FN2O2. The summed E-state index contributed by atoms with van der Waals surface area (Å²) in [6.45, 7) is 3.64. The van der Waals surface area contributed by atoms with Gasteiger partial charge in [0.15, 0.2) is 0 Å². The highest BCUT2D eigenvalue weighted by molar-refractivity contribution is 5.89. The minimum atomic E-state index is -0.317. The zero-order valence-corrected chi connectivity index (χ0v) is 9.65. The van der Waals surface area contributed by atoms with Crippen molar-refractivity contribution in [2.75, 3.05) is 25.0 Å². The number of nitrogens with zero attached hydrogens (tertiary/aromatic N) is 1. The Labute approximate surface area is 99.4 Å². The molecule has 1 heterocycles. The Morgan fingerprint density at radius 2 is 2.18 bits per heavy atom. The monoisotopic (exact) mass is 238 g/mol. The van der Waals surface area contributed by atoms with Crippen LogP contribution >= 0.6 is 0 Å². The van der Waals surface area contributed by atoms with E-state index in [0.717, 1.165) is 0 Å². The molecule has 1 saturated heterocycles. The van der Waals surface area contributed by atoms with Crippen LogP contribution < -0.4 is 5.32 Å². The van der Waals surface area contributed by atoms with Gasteiger partial charge in [0, 0.05) is 18.8 Å². The fourth-order valence-corrected chi connectivity index (χ4v) is 1.74. The summed E-state index contributed by atoms with van der Waals surface area (Å²) in [6, 6.07) is 5.54. The van der Waals surface area contributed by atoms with E-state index in [2.05, 4.69) is 5.32 Å². The van der Waals surface area contributed by atoms with Crippen LogP contribution in [0, 0.1) is 5.82 Å². The third kappa shape index (κ3) is 3.17. The molecule has 1 aliphatic rings. The van der Waals surface area contributed by atoms with Crippen LogP contribution in [0.3, 0.4) is 0 Å². The topological polar surface area (TPSA) is 41.6 Å². The highest BCUT2D eigenvalue weighted by Gasteiger charge is 2.21. The number of rotatable bonds is 1. The molecule has 0 aliphatic carbocycles. The van der Waals surface area contributed by atoms with Crippen molar-refractivity contribution in [2.45, 2.75) is 13.0 Å². The number of carbonyl (C=O) groups is 1. The Morgan fingerprint density at radius 1 is 1.47 bits per heavy atom. The zero-order chi connectivity index (χ0) is 12.3. The van der Waals surface area contributed by atoms with Gasteiger partial charge < -0.3 is 15.0 Å². The number of halogens is 1. The molecule has 1 unspecified atom stereocenters. The van der Waals surface area contributed by atoms with Crippen molar-refractivity contribution in [3.8, 4) is 0 Å². The number of ether oxygens (including phenoxy) is 1. The van der Waals surface area contributed by atoms with E-state index in [4.69, 9.17) is 4.74 Å². The van der Waals surface area contributed by atoms with Gasteiger partial charge in [-0.1, -0.05) is 0 Å². The van der Waals surface area contributed by atoms with Crippen molar-refractivity contribution in [3.05, 3.63) is 30.1 Å². The Kier molecular flexibility index (Phi) is 3.58. The van der Waals surface area contributed by atoms with Crippen LogP contribution in [-0.4, -0.2) is 36.7 Å². The van der Waals surface area contributed by atoms with E-state index in [-0.39, 0.29) is 18.0 Å². The Morgan fingerprint density at radius 3 is 2.82 bits per heavy atom. The third-order valence-electron chi connectivity index (χ3n) is 2.62. The highest BCUT2D eigenvalue weighted by Crippen LogP contribution is 2.11. The molecular weight excluding hydrogens is 223 g/mol. The summed E-state index contributed by atoms with van der Waals surface area (Å²) in [7, 11) is 0. The molecule has 92 valence electrons. The first-order chi connectivity index (χ1) is 8.15. The van der Waals surface area contributed by atoms with E-state index in [1.54, 1.807) is 4.90 Å². The molecule has 4 nitrogen and oxygen atoms in total. The minimum Gasteiger partial charge on any atom is -0.375 e. The quantitative estimate of drug-likeness (QED) is 0.813. The summed E-state index contributed by atoms with van der Waals surface area (Å²) in [5.74, 6) is -0.317. The molecule has 1 atom stereocenters. The van der Waals surface area contributed by atoms with Crippen LogP contribution in [0.2, 0.25) is 0 Å². The predicted octanol–water partition coefficient (Wildman–Crippen LogP) is 2.08. The van der Waals surface area contributed by atoms with Gasteiger partial charge >= 0.3 is 6.03 Å². The average molecular weight is 238 g/mol. The number of hydrogen-bond acceptors (Lipinski definition) is 2. The predicted molar refractivity (Wildman–Crippen MR) is 62.4 cm³/mol. The smallest absolute Gasteiger partial charge is 0.322 e. The van der Waals surface area contributed by atoms with Crippen molar-refractivity contribution in [2.24, 2.45) is 0 Å². The van der Waals surface area contributed by atoms with Gasteiger partial charge in [-0.25, -0.2) is 9.18 Å². The maximum absolute atomic E-state index is 12.7. The molecule has 1 aliphatic heterocycles. The van der Waals surface area contributed by atoms with E-state index in [1.165, 1.54) is 24.3 Å². The van der Waals surface area contributed by atoms with E-state index >= 15 is 0 Å². The first-order valence-electron chi connectivity index (χ1n) is 5.58. The normalized spacial score (nSPS) is 20.1. The molecule has 17 heavy (non-hydrogen) atoms. The lowest BCUT2D eigenvalue weighted by Crippen LogP contribution is -2.46. The van der Waals surface area contributed by atoms with Crippen LogP contribution in [-0.2, 0) is 4.74 Å². The number of urea groups is 1. The van der Waals surface area contributed by atoms with Gasteiger partial charge in [-0.15, -0.1) is 0 Å². The third-order valence-corrected chi connectivity index (χ3v) is 2.62. The Balaban J connectivity index is 1.94. The largest absolute Gasteiger partial charge is 0.375 e. The SMILES string of the molecule is CC1CN(C(=O)Nc2ccc(F)cc2)CCO1. The summed E-state index contributed by atoms with van der Waals surface area (Å²) >= 11 is 0. The van der Waals surface area contributed by atoms with Gasteiger partial charge in [-0.2, -0.15) is 0 Å². The second-order valence-corrected chi connectivity index (χ2v) is 4.06. The summed E-state index contributed by atoms with van der Waals surface area (Å²) in [6.07, 6.45) is 0.0581. The number of carbonyl (C=O) groups excluding carboxylic acids is 1. The van der Waals surface area contributed by atoms with Crippen LogP contribution in [0.1, 0.15) is 6.92 Å². The first kappa shape index (κ1) is 11.9. The average Bonchev–Trinajstić information content (AvgIpc) is 2.32. The maximum atomic E-state index is 12.7. The number of amides is 2. The number of anilines is 1. The summed E-state index contributed by atoms with van der Waals surface area (Å²) in [5.41, 5.74) is 0.593. The standard InChI is InChI=1S/C12H15FN2O2/c1-9-8-15(6-7-17-9)12(16)14-11-4-2-10(13)3-5-11/h2-5,9H,6-8H2,1H3,(H,14,16). The van der Waals surface area contributed by atoms with Crippen LogP contribution in [0.15, 0.2) is 24.3 Å². The lowest BCUT2D eigenvalue weighted by atomic mass is 10.3. The summed E-state index contributed by atoms with van der Waals surface area (Å²) < 4.78 is 18.0. The van der Waals surface area contributed by atoms with Crippen molar-refractivity contribution in [1.82, 2.24) is 4.90 Å². The first-order valence-corrected chi connectivity index (χ1v) is 5.58. The molecule has 0 bridgehead atoms. The number of nitrogens with one attached hydrogen (secondary N) is 1. The Hall–Kier alpha value is -1.62. The molecule has 0 aromatic heterocycles. The van der Waals surface area contributed by atoms with E-state index < -0.39 is 0 Å². The second-order valence-electron chi connectivity index (χ2n) is 4.06. The van der Waals surface area contributed by atoms with E-state index in [9.17, 15) is 9.18 Å². The van der Waals surface area contributed by atoms with Gasteiger partial charge in [0.05, 0.1) is 12.7 Å².